The van der Waals surface area contributed by atoms with Gasteiger partial charge in [0.2, 0.25) is 0 Å². The van der Waals surface area contributed by atoms with Crippen LogP contribution in [0.3, 0.4) is 0 Å². The van der Waals surface area contributed by atoms with E-state index in [4.69, 9.17) is 5.73 Å². The van der Waals surface area contributed by atoms with Gasteiger partial charge in [-0.2, -0.15) is 5.10 Å². The predicted octanol–water partition coefficient (Wildman–Crippen LogP) is 2.26. The fraction of sp³-hybridized carbons (Fsp3) is 0.625. The lowest BCUT2D eigenvalue weighted by Gasteiger charge is -2.02. The molecule has 0 saturated carbocycles. The van der Waals surface area contributed by atoms with E-state index in [9.17, 15) is 0 Å². The lowest BCUT2D eigenvalue weighted by molar-refractivity contribution is 0.559. The van der Waals surface area contributed by atoms with E-state index in [0.717, 1.165) is 15.9 Å². The Morgan fingerprint density at radius 2 is 2.33 bits per heavy atom. The van der Waals surface area contributed by atoms with E-state index in [1.165, 1.54) is 19.3 Å². The van der Waals surface area contributed by atoms with Gasteiger partial charge in [0.15, 0.2) is 0 Å². The molecule has 68 valence electrons. The van der Waals surface area contributed by atoms with E-state index >= 15 is 0 Å². The van der Waals surface area contributed by atoms with E-state index in [1.54, 1.807) is 0 Å². The number of nitrogen functional groups attached to an aromatic ring is 1. The summed E-state index contributed by atoms with van der Waals surface area (Å²) in [5, 5.41) is 4.17. The zero-order chi connectivity index (χ0) is 8.97. The number of aryl methyl sites for hydroxylation is 1. The van der Waals surface area contributed by atoms with Gasteiger partial charge in [-0.05, 0) is 29.0 Å². The third-order valence-electron chi connectivity index (χ3n) is 1.81. The van der Waals surface area contributed by atoms with Crippen LogP contribution in [0.4, 0.5) is 5.82 Å². The first kappa shape index (κ1) is 9.83. The molecule has 2 N–H and O–H groups in total. The molecule has 0 atom stereocenters. The third-order valence-corrected chi connectivity index (χ3v) is 2.64. The third kappa shape index (κ3) is 2.36. The van der Waals surface area contributed by atoms with Crippen LogP contribution in [0.1, 0.15) is 26.2 Å². The molecule has 1 heterocycles. The first-order valence-corrected chi connectivity index (χ1v) is 5.30. The van der Waals surface area contributed by atoms with E-state index < -0.39 is 0 Å². The van der Waals surface area contributed by atoms with Crippen LogP contribution in [0.25, 0.3) is 0 Å². The van der Waals surface area contributed by atoms with Crippen molar-refractivity contribution in [2.75, 3.05) is 5.73 Å². The second kappa shape index (κ2) is 4.69. The standard InChI is InChI=1S/C8H14IN3/c1-2-3-4-5-12-8(10)7(9)6-11-12/h6H,2-5,10H2,1H3. The molecule has 12 heavy (non-hydrogen) atoms. The molecule has 0 aliphatic rings. The summed E-state index contributed by atoms with van der Waals surface area (Å²) >= 11 is 2.20. The average molecular weight is 279 g/mol. The molecule has 1 aromatic rings. The van der Waals surface area contributed by atoms with Crippen molar-refractivity contribution < 1.29 is 0 Å². The fourth-order valence-corrected chi connectivity index (χ4v) is 1.46. The number of halogens is 1. The quantitative estimate of drug-likeness (QED) is 0.678. The van der Waals surface area contributed by atoms with Crippen molar-refractivity contribution in [3.05, 3.63) is 9.77 Å². The van der Waals surface area contributed by atoms with Gasteiger partial charge in [-0.25, -0.2) is 4.68 Å². The summed E-state index contributed by atoms with van der Waals surface area (Å²) in [6.07, 6.45) is 5.45. The van der Waals surface area contributed by atoms with Gasteiger partial charge in [-0.15, -0.1) is 0 Å². The number of hydrogen-bond acceptors (Lipinski definition) is 2. The molecular formula is C8H14IN3. The Kier molecular flexibility index (Phi) is 3.84. The highest BCUT2D eigenvalue weighted by Gasteiger charge is 2.02. The lowest BCUT2D eigenvalue weighted by Crippen LogP contribution is -2.04. The smallest absolute Gasteiger partial charge is 0.135 e. The Labute approximate surface area is 86.5 Å². The number of aromatic nitrogens is 2. The van der Waals surface area contributed by atoms with Gasteiger partial charge in [0, 0.05) is 6.54 Å². The largest absolute Gasteiger partial charge is 0.383 e. The van der Waals surface area contributed by atoms with Gasteiger partial charge in [-0.1, -0.05) is 19.8 Å². The Morgan fingerprint density at radius 1 is 1.58 bits per heavy atom. The fourth-order valence-electron chi connectivity index (χ4n) is 1.06. The first-order chi connectivity index (χ1) is 5.75. The van der Waals surface area contributed by atoms with Gasteiger partial charge in [0.05, 0.1) is 9.77 Å². The summed E-state index contributed by atoms with van der Waals surface area (Å²) in [5.41, 5.74) is 5.78. The van der Waals surface area contributed by atoms with Crippen molar-refractivity contribution >= 4 is 28.4 Å². The molecule has 0 spiro atoms. The van der Waals surface area contributed by atoms with Crippen molar-refractivity contribution in [1.29, 1.82) is 0 Å². The van der Waals surface area contributed by atoms with Crippen molar-refractivity contribution in [2.24, 2.45) is 0 Å². The zero-order valence-electron chi connectivity index (χ0n) is 7.26. The van der Waals surface area contributed by atoms with E-state index in [1.807, 2.05) is 10.9 Å². The molecule has 0 amide bonds. The Bertz CT molecular complexity index is 244. The molecular weight excluding hydrogens is 265 g/mol. The van der Waals surface area contributed by atoms with Crippen molar-refractivity contribution in [3.8, 4) is 0 Å². The van der Waals surface area contributed by atoms with Crippen LogP contribution >= 0.6 is 22.6 Å². The molecule has 0 saturated heterocycles. The van der Waals surface area contributed by atoms with Crippen LogP contribution < -0.4 is 5.73 Å². The highest BCUT2D eigenvalue weighted by atomic mass is 127. The van der Waals surface area contributed by atoms with Gasteiger partial charge in [-0.3, -0.25) is 0 Å². The summed E-state index contributed by atoms with van der Waals surface area (Å²) in [4.78, 5) is 0. The number of anilines is 1. The maximum atomic E-state index is 5.78. The molecule has 0 bridgehead atoms. The summed E-state index contributed by atoms with van der Waals surface area (Å²) < 4.78 is 2.92. The Hall–Kier alpha value is -0.260. The molecule has 0 fully saturated rings. The summed E-state index contributed by atoms with van der Waals surface area (Å²) in [6.45, 7) is 3.14. The molecule has 3 nitrogen and oxygen atoms in total. The van der Waals surface area contributed by atoms with E-state index in [2.05, 4.69) is 34.6 Å². The second-order valence-corrected chi connectivity index (χ2v) is 3.97. The summed E-state index contributed by atoms with van der Waals surface area (Å²) in [6, 6.07) is 0. The molecule has 0 aliphatic carbocycles. The second-order valence-electron chi connectivity index (χ2n) is 2.81. The zero-order valence-corrected chi connectivity index (χ0v) is 9.41. The molecule has 1 rings (SSSR count). The Morgan fingerprint density at radius 3 is 2.83 bits per heavy atom. The topological polar surface area (TPSA) is 43.8 Å². The van der Waals surface area contributed by atoms with Gasteiger partial charge in [0.1, 0.15) is 5.82 Å². The monoisotopic (exact) mass is 279 g/mol. The number of rotatable bonds is 4. The van der Waals surface area contributed by atoms with Crippen LogP contribution in [0, 0.1) is 3.57 Å². The minimum absolute atomic E-state index is 0.798. The van der Waals surface area contributed by atoms with Crippen molar-refractivity contribution in [2.45, 2.75) is 32.7 Å². The molecule has 0 aliphatic heterocycles. The number of nitrogens with zero attached hydrogens (tertiary/aromatic N) is 2. The molecule has 0 radical (unpaired) electrons. The van der Waals surface area contributed by atoms with E-state index in [-0.39, 0.29) is 0 Å². The highest BCUT2D eigenvalue weighted by molar-refractivity contribution is 14.1. The van der Waals surface area contributed by atoms with Crippen molar-refractivity contribution in [1.82, 2.24) is 9.78 Å². The van der Waals surface area contributed by atoms with Gasteiger partial charge >= 0.3 is 0 Å². The maximum absolute atomic E-state index is 5.78. The van der Waals surface area contributed by atoms with E-state index in [0.29, 0.717) is 0 Å². The average Bonchev–Trinajstić information content (AvgIpc) is 2.36. The number of nitrogens with two attached hydrogens (primary N) is 1. The minimum Gasteiger partial charge on any atom is -0.383 e. The maximum Gasteiger partial charge on any atom is 0.135 e. The number of unbranched alkanes of at least 4 members (excludes halogenated alkanes) is 2. The van der Waals surface area contributed by atoms with Crippen molar-refractivity contribution in [3.63, 3.8) is 0 Å². The molecule has 0 aromatic carbocycles. The summed E-state index contributed by atoms with van der Waals surface area (Å²) in [7, 11) is 0. The van der Waals surface area contributed by atoms with Gasteiger partial charge in [0.25, 0.3) is 0 Å². The first-order valence-electron chi connectivity index (χ1n) is 4.22. The normalized spacial score (nSPS) is 10.5. The van der Waals surface area contributed by atoms with Crippen LogP contribution in [0.2, 0.25) is 0 Å². The van der Waals surface area contributed by atoms with Crippen LogP contribution in [-0.4, -0.2) is 9.78 Å². The molecule has 0 unspecified atom stereocenters. The molecule has 1 aromatic heterocycles. The highest BCUT2D eigenvalue weighted by Crippen LogP contribution is 2.13. The SMILES string of the molecule is CCCCCn1ncc(I)c1N. The Balaban J connectivity index is 2.46. The summed E-state index contributed by atoms with van der Waals surface area (Å²) in [5.74, 6) is 0.798. The number of hydrogen-bond donors (Lipinski definition) is 1. The molecule has 4 heteroatoms. The lowest BCUT2D eigenvalue weighted by atomic mass is 10.2. The van der Waals surface area contributed by atoms with Crippen LogP contribution in [-0.2, 0) is 6.54 Å². The minimum atomic E-state index is 0.798. The predicted molar refractivity (Wildman–Crippen MR) is 58.9 cm³/mol. The van der Waals surface area contributed by atoms with Gasteiger partial charge < -0.3 is 5.73 Å². The van der Waals surface area contributed by atoms with Crippen LogP contribution in [0.5, 0.6) is 0 Å². The van der Waals surface area contributed by atoms with Crippen LogP contribution in [0.15, 0.2) is 6.20 Å².